The van der Waals surface area contributed by atoms with Gasteiger partial charge in [-0.2, -0.15) is 0 Å². The molecule has 0 aromatic heterocycles. The first-order valence-corrected chi connectivity index (χ1v) is 9.06. The van der Waals surface area contributed by atoms with Gasteiger partial charge in [0.2, 0.25) is 5.91 Å². The number of rotatable bonds is 2. The van der Waals surface area contributed by atoms with E-state index in [0.29, 0.717) is 45.3 Å². The topological polar surface area (TPSA) is 62.3 Å². The van der Waals surface area contributed by atoms with Crippen molar-refractivity contribution in [1.82, 2.24) is 14.9 Å². The maximum absolute atomic E-state index is 12.6. The largest absolute Gasteiger partial charge is 0.368 e. The Hall–Kier alpha value is -1.18. The van der Waals surface area contributed by atoms with Crippen molar-refractivity contribution in [3.63, 3.8) is 0 Å². The number of carbonyl (C=O) groups is 2. The summed E-state index contributed by atoms with van der Waals surface area (Å²) in [6.45, 7) is 5.76. The summed E-state index contributed by atoms with van der Waals surface area (Å²) in [6.07, 6.45) is 3.02. The lowest BCUT2D eigenvalue weighted by Crippen LogP contribution is -2.73. The standard InChI is InChI=1S/C17H27N3O4/c1-12-7-13(12)15(21)19-10-17(11-19)9-18(2)14(8-23-17)16(22)20-5-3-4-6-24-20/h12-14H,3-11H2,1-2H3/t12-,13+,14-/m1/s1. The second-order valence-electron chi connectivity index (χ2n) is 7.92. The summed E-state index contributed by atoms with van der Waals surface area (Å²) in [7, 11) is 1.96. The molecule has 0 N–H and O–H groups in total. The highest BCUT2D eigenvalue weighted by atomic mass is 16.7. The molecule has 1 aliphatic carbocycles. The SMILES string of the molecule is C[C@@H]1C[C@@H]1C(=O)N1CC2(C1)CN(C)[C@@H](C(=O)N1CCCCO1)CO2. The van der Waals surface area contributed by atoms with Gasteiger partial charge in [0.05, 0.1) is 26.3 Å². The fraction of sp³-hybridized carbons (Fsp3) is 0.882. The minimum absolute atomic E-state index is 0.00823. The Bertz CT molecular complexity index is 528. The lowest BCUT2D eigenvalue weighted by Gasteiger charge is -2.55. The van der Waals surface area contributed by atoms with Crippen molar-refractivity contribution in [1.29, 1.82) is 0 Å². The number of hydrogen-bond donors (Lipinski definition) is 0. The minimum atomic E-state index is -0.290. The molecule has 4 aliphatic rings. The number of hydroxylamine groups is 2. The molecule has 4 rings (SSSR count). The molecule has 0 bridgehead atoms. The van der Waals surface area contributed by atoms with Crippen LogP contribution in [-0.2, 0) is 19.2 Å². The molecule has 0 radical (unpaired) electrons. The van der Waals surface area contributed by atoms with Crippen LogP contribution in [0.5, 0.6) is 0 Å². The van der Waals surface area contributed by atoms with Crippen molar-refractivity contribution in [3.8, 4) is 0 Å². The van der Waals surface area contributed by atoms with E-state index in [4.69, 9.17) is 9.57 Å². The van der Waals surface area contributed by atoms with E-state index in [2.05, 4.69) is 11.8 Å². The van der Waals surface area contributed by atoms with Gasteiger partial charge in [0.25, 0.3) is 5.91 Å². The molecule has 134 valence electrons. The number of likely N-dealkylation sites (tertiary alicyclic amines) is 1. The molecule has 2 amide bonds. The zero-order chi connectivity index (χ0) is 16.9. The number of morpholine rings is 1. The van der Waals surface area contributed by atoms with Gasteiger partial charge in [0.1, 0.15) is 11.6 Å². The highest BCUT2D eigenvalue weighted by Crippen LogP contribution is 2.42. The van der Waals surface area contributed by atoms with Gasteiger partial charge in [-0.1, -0.05) is 6.92 Å². The van der Waals surface area contributed by atoms with E-state index in [-0.39, 0.29) is 29.4 Å². The van der Waals surface area contributed by atoms with Gasteiger partial charge < -0.3 is 9.64 Å². The fourth-order valence-electron chi connectivity index (χ4n) is 4.09. The van der Waals surface area contributed by atoms with Crippen LogP contribution in [0, 0.1) is 11.8 Å². The molecule has 1 saturated carbocycles. The van der Waals surface area contributed by atoms with Gasteiger partial charge in [-0.05, 0) is 32.2 Å². The van der Waals surface area contributed by atoms with Crippen molar-refractivity contribution < 1.29 is 19.2 Å². The van der Waals surface area contributed by atoms with Crippen molar-refractivity contribution in [3.05, 3.63) is 0 Å². The van der Waals surface area contributed by atoms with Crippen molar-refractivity contribution in [2.45, 2.75) is 37.8 Å². The molecule has 0 unspecified atom stereocenters. The first-order valence-electron chi connectivity index (χ1n) is 9.06. The van der Waals surface area contributed by atoms with Crippen LogP contribution in [0.2, 0.25) is 0 Å². The van der Waals surface area contributed by atoms with Crippen LogP contribution >= 0.6 is 0 Å². The van der Waals surface area contributed by atoms with Crippen LogP contribution in [0.15, 0.2) is 0 Å². The second-order valence-corrected chi connectivity index (χ2v) is 7.92. The lowest BCUT2D eigenvalue weighted by molar-refractivity contribution is -0.224. The summed E-state index contributed by atoms with van der Waals surface area (Å²) in [5, 5.41) is 1.50. The minimum Gasteiger partial charge on any atom is -0.368 e. The Balaban J connectivity index is 1.30. The Morgan fingerprint density at radius 3 is 2.46 bits per heavy atom. The molecule has 3 saturated heterocycles. The molecular weight excluding hydrogens is 310 g/mol. The van der Waals surface area contributed by atoms with Crippen LogP contribution in [-0.4, -0.2) is 84.8 Å². The molecule has 3 heterocycles. The van der Waals surface area contributed by atoms with Gasteiger partial charge in [-0.25, -0.2) is 5.06 Å². The zero-order valence-electron chi connectivity index (χ0n) is 14.6. The van der Waals surface area contributed by atoms with Gasteiger partial charge >= 0.3 is 0 Å². The summed E-state index contributed by atoms with van der Waals surface area (Å²) < 4.78 is 6.07. The second kappa shape index (κ2) is 5.97. The number of carbonyl (C=O) groups excluding carboxylic acids is 2. The van der Waals surface area contributed by atoms with Crippen LogP contribution in [0.3, 0.4) is 0 Å². The van der Waals surface area contributed by atoms with E-state index in [1.165, 1.54) is 5.06 Å². The Morgan fingerprint density at radius 2 is 1.88 bits per heavy atom. The normalized spacial score (nSPS) is 35.7. The monoisotopic (exact) mass is 337 g/mol. The number of nitrogens with zero attached hydrogens (tertiary/aromatic N) is 3. The predicted molar refractivity (Wildman–Crippen MR) is 85.9 cm³/mol. The Labute approximate surface area is 142 Å². The molecule has 24 heavy (non-hydrogen) atoms. The van der Waals surface area contributed by atoms with Gasteiger partial charge in [-0.3, -0.25) is 19.3 Å². The average Bonchev–Trinajstić information content (AvgIpc) is 3.29. The predicted octanol–water partition coefficient (Wildman–Crippen LogP) is 0.108. The van der Waals surface area contributed by atoms with E-state index in [1.54, 1.807) is 0 Å². The van der Waals surface area contributed by atoms with Crippen LogP contribution < -0.4 is 0 Å². The number of hydrogen-bond acceptors (Lipinski definition) is 5. The van der Waals surface area contributed by atoms with E-state index in [9.17, 15) is 9.59 Å². The number of amides is 2. The molecule has 1 spiro atoms. The van der Waals surface area contributed by atoms with Gasteiger partial charge in [-0.15, -0.1) is 0 Å². The lowest BCUT2D eigenvalue weighted by atomic mass is 9.90. The Kier molecular flexibility index (Phi) is 4.05. The first-order chi connectivity index (χ1) is 11.5. The Morgan fingerprint density at radius 1 is 1.12 bits per heavy atom. The molecule has 7 heteroatoms. The fourth-order valence-corrected chi connectivity index (χ4v) is 4.09. The zero-order valence-corrected chi connectivity index (χ0v) is 14.6. The van der Waals surface area contributed by atoms with E-state index in [1.807, 2.05) is 11.9 Å². The summed E-state index contributed by atoms with van der Waals surface area (Å²) in [6, 6.07) is -0.290. The van der Waals surface area contributed by atoms with Crippen LogP contribution in [0.4, 0.5) is 0 Å². The number of likely N-dealkylation sites (N-methyl/N-ethyl adjacent to an activating group) is 1. The third-order valence-corrected chi connectivity index (χ3v) is 5.85. The van der Waals surface area contributed by atoms with Crippen molar-refractivity contribution >= 4 is 11.8 Å². The summed E-state index contributed by atoms with van der Waals surface area (Å²) in [5.41, 5.74) is -0.290. The van der Waals surface area contributed by atoms with Crippen molar-refractivity contribution in [2.75, 3.05) is 46.4 Å². The van der Waals surface area contributed by atoms with Crippen molar-refractivity contribution in [2.24, 2.45) is 11.8 Å². The summed E-state index contributed by atoms with van der Waals surface area (Å²) in [5.74, 6) is 1.04. The summed E-state index contributed by atoms with van der Waals surface area (Å²) in [4.78, 5) is 34.3. The highest BCUT2D eigenvalue weighted by Gasteiger charge is 2.54. The molecule has 7 nitrogen and oxygen atoms in total. The molecule has 3 atom stereocenters. The number of ether oxygens (including phenoxy) is 1. The molecular formula is C17H27N3O4. The molecule has 3 aliphatic heterocycles. The molecule has 0 aromatic carbocycles. The maximum atomic E-state index is 12.6. The third-order valence-electron chi connectivity index (χ3n) is 5.85. The average molecular weight is 337 g/mol. The van der Waals surface area contributed by atoms with Gasteiger partial charge in [0.15, 0.2) is 0 Å². The third kappa shape index (κ3) is 2.82. The van der Waals surface area contributed by atoms with E-state index < -0.39 is 0 Å². The van der Waals surface area contributed by atoms with Crippen LogP contribution in [0.25, 0.3) is 0 Å². The van der Waals surface area contributed by atoms with Gasteiger partial charge in [0, 0.05) is 19.0 Å². The smallest absolute Gasteiger partial charge is 0.265 e. The maximum Gasteiger partial charge on any atom is 0.265 e. The van der Waals surface area contributed by atoms with Crippen LogP contribution in [0.1, 0.15) is 26.2 Å². The highest BCUT2D eigenvalue weighted by molar-refractivity contribution is 5.83. The van der Waals surface area contributed by atoms with E-state index in [0.717, 1.165) is 19.3 Å². The molecule has 4 fully saturated rings. The summed E-state index contributed by atoms with van der Waals surface area (Å²) >= 11 is 0. The molecule has 0 aromatic rings. The quantitative estimate of drug-likeness (QED) is 0.716. The first kappa shape index (κ1) is 16.3. The van der Waals surface area contributed by atoms with E-state index >= 15 is 0 Å².